The van der Waals surface area contributed by atoms with Crippen LogP contribution in [0.25, 0.3) is 0 Å². The second-order valence-corrected chi connectivity index (χ2v) is 6.98. The quantitative estimate of drug-likeness (QED) is 0.594. The molecule has 1 saturated heterocycles. The minimum Gasteiger partial charge on any atom is -0.466 e. The van der Waals surface area contributed by atoms with Crippen LogP contribution in [0.15, 0.2) is 30.3 Å². The van der Waals surface area contributed by atoms with E-state index in [2.05, 4.69) is 5.32 Å². The minimum atomic E-state index is -0.738. The van der Waals surface area contributed by atoms with E-state index in [4.69, 9.17) is 4.74 Å². The molecule has 1 atom stereocenters. The Kier molecular flexibility index (Phi) is 6.26. The standard InChI is InChI=1S/C20H26N2O4/c23-18(26-13-5-8-15-6-2-1-3-7-15)14-17-19(24)21-11-12-22(17)20(25)16-9-4-10-16/h1-3,6-7,16-17H,4-5,8-14H2,(H,21,24). The van der Waals surface area contributed by atoms with E-state index in [1.54, 1.807) is 4.90 Å². The van der Waals surface area contributed by atoms with E-state index in [-0.39, 0.29) is 24.2 Å². The first-order valence-electron chi connectivity index (χ1n) is 9.43. The SMILES string of the molecule is O=C(CC1C(=O)NCCN1C(=O)C1CCC1)OCCCc1ccccc1. The molecule has 1 N–H and O–H groups in total. The highest BCUT2D eigenvalue weighted by atomic mass is 16.5. The van der Waals surface area contributed by atoms with Crippen molar-refractivity contribution >= 4 is 17.8 Å². The number of esters is 1. The lowest BCUT2D eigenvalue weighted by molar-refractivity contribution is -0.154. The fourth-order valence-corrected chi connectivity index (χ4v) is 3.39. The summed E-state index contributed by atoms with van der Waals surface area (Å²) in [6.45, 7) is 1.23. The molecule has 0 aromatic heterocycles. The molecule has 0 spiro atoms. The van der Waals surface area contributed by atoms with Crippen LogP contribution < -0.4 is 5.32 Å². The number of piperazine rings is 1. The van der Waals surface area contributed by atoms with Gasteiger partial charge in [0.15, 0.2) is 0 Å². The van der Waals surface area contributed by atoms with Gasteiger partial charge in [0.1, 0.15) is 6.04 Å². The Morgan fingerprint density at radius 1 is 1.19 bits per heavy atom. The number of aryl methyl sites for hydroxylation is 1. The number of hydrogen-bond donors (Lipinski definition) is 1. The average molecular weight is 358 g/mol. The van der Waals surface area contributed by atoms with E-state index in [1.165, 1.54) is 5.56 Å². The molecular formula is C20H26N2O4. The first-order valence-corrected chi connectivity index (χ1v) is 9.43. The van der Waals surface area contributed by atoms with Gasteiger partial charge in [-0.05, 0) is 31.2 Å². The van der Waals surface area contributed by atoms with E-state index in [1.807, 2.05) is 30.3 Å². The summed E-state index contributed by atoms with van der Waals surface area (Å²) in [5.41, 5.74) is 1.20. The normalized spacial score (nSPS) is 20.2. The van der Waals surface area contributed by atoms with E-state index >= 15 is 0 Å². The summed E-state index contributed by atoms with van der Waals surface area (Å²) in [6.07, 6.45) is 4.32. The van der Waals surface area contributed by atoms with Crippen LogP contribution in [0.1, 0.15) is 37.7 Å². The van der Waals surface area contributed by atoms with Crippen molar-refractivity contribution in [2.45, 2.75) is 44.6 Å². The minimum absolute atomic E-state index is 0.00739. The summed E-state index contributed by atoms with van der Waals surface area (Å²) in [4.78, 5) is 38.4. The number of nitrogens with one attached hydrogen (secondary N) is 1. The molecule has 0 radical (unpaired) electrons. The van der Waals surface area contributed by atoms with Crippen molar-refractivity contribution in [2.24, 2.45) is 5.92 Å². The third kappa shape index (κ3) is 4.62. The number of carbonyl (C=O) groups excluding carboxylic acids is 3. The number of amides is 2. The molecule has 1 aromatic rings. The zero-order chi connectivity index (χ0) is 18.4. The Labute approximate surface area is 153 Å². The van der Waals surface area contributed by atoms with E-state index in [9.17, 15) is 14.4 Å². The average Bonchev–Trinajstić information content (AvgIpc) is 2.60. The van der Waals surface area contributed by atoms with Crippen molar-refractivity contribution in [2.75, 3.05) is 19.7 Å². The summed E-state index contributed by atoms with van der Waals surface area (Å²) in [5, 5.41) is 2.75. The van der Waals surface area contributed by atoms with Crippen molar-refractivity contribution in [1.29, 1.82) is 0 Å². The number of rotatable bonds is 7. The van der Waals surface area contributed by atoms with Crippen molar-refractivity contribution in [1.82, 2.24) is 10.2 Å². The Morgan fingerprint density at radius 3 is 2.65 bits per heavy atom. The molecule has 6 heteroatoms. The van der Waals surface area contributed by atoms with Crippen LogP contribution in [-0.4, -0.2) is 48.4 Å². The fourth-order valence-electron chi connectivity index (χ4n) is 3.39. The predicted molar refractivity (Wildman–Crippen MR) is 96.2 cm³/mol. The largest absolute Gasteiger partial charge is 0.466 e. The lowest BCUT2D eigenvalue weighted by atomic mass is 9.83. The molecule has 0 bridgehead atoms. The molecule has 3 rings (SSSR count). The summed E-state index contributed by atoms with van der Waals surface area (Å²) >= 11 is 0. The van der Waals surface area contributed by atoms with Crippen LogP contribution in [0.2, 0.25) is 0 Å². The second kappa shape index (κ2) is 8.83. The summed E-state index contributed by atoms with van der Waals surface area (Å²) in [5.74, 6) is -0.657. The molecule has 1 heterocycles. The third-order valence-corrected chi connectivity index (χ3v) is 5.14. The molecule has 2 aliphatic rings. The number of benzene rings is 1. The van der Waals surface area contributed by atoms with Crippen LogP contribution in [0.4, 0.5) is 0 Å². The predicted octanol–water partition coefficient (Wildman–Crippen LogP) is 1.68. The van der Waals surface area contributed by atoms with Crippen molar-refractivity contribution in [3.63, 3.8) is 0 Å². The number of ether oxygens (including phenoxy) is 1. The Bertz CT molecular complexity index is 642. The molecule has 140 valence electrons. The van der Waals surface area contributed by atoms with Gasteiger partial charge >= 0.3 is 5.97 Å². The molecule has 2 amide bonds. The van der Waals surface area contributed by atoms with Gasteiger partial charge in [-0.15, -0.1) is 0 Å². The molecule has 1 aromatic carbocycles. The van der Waals surface area contributed by atoms with Gasteiger partial charge in [-0.1, -0.05) is 36.8 Å². The lowest BCUT2D eigenvalue weighted by Gasteiger charge is -2.38. The smallest absolute Gasteiger partial charge is 0.308 e. The highest BCUT2D eigenvalue weighted by Gasteiger charge is 2.39. The Balaban J connectivity index is 1.46. The molecule has 1 unspecified atom stereocenters. The molecule has 2 fully saturated rings. The molecule has 1 aliphatic carbocycles. The zero-order valence-corrected chi connectivity index (χ0v) is 15.0. The van der Waals surface area contributed by atoms with Crippen LogP contribution in [0.3, 0.4) is 0 Å². The van der Waals surface area contributed by atoms with Crippen molar-refractivity contribution in [3.8, 4) is 0 Å². The molecule has 1 saturated carbocycles. The molecule has 6 nitrogen and oxygen atoms in total. The van der Waals surface area contributed by atoms with Gasteiger partial charge in [0.25, 0.3) is 0 Å². The van der Waals surface area contributed by atoms with Gasteiger partial charge in [0, 0.05) is 19.0 Å². The van der Waals surface area contributed by atoms with Gasteiger partial charge in [-0.2, -0.15) is 0 Å². The monoisotopic (exact) mass is 358 g/mol. The van der Waals surface area contributed by atoms with Gasteiger partial charge in [0.05, 0.1) is 13.0 Å². The van der Waals surface area contributed by atoms with Crippen LogP contribution in [-0.2, 0) is 25.5 Å². The topological polar surface area (TPSA) is 75.7 Å². The van der Waals surface area contributed by atoms with E-state index in [0.29, 0.717) is 19.7 Å². The molecular weight excluding hydrogens is 332 g/mol. The third-order valence-electron chi connectivity index (χ3n) is 5.14. The first-order chi connectivity index (χ1) is 12.6. The maximum Gasteiger partial charge on any atom is 0.308 e. The number of hydrogen-bond acceptors (Lipinski definition) is 4. The van der Waals surface area contributed by atoms with Gasteiger partial charge in [0.2, 0.25) is 11.8 Å². The second-order valence-electron chi connectivity index (χ2n) is 6.98. The van der Waals surface area contributed by atoms with Gasteiger partial charge in [-0.25, -0.2) is 0 Å². The summed E-state index contributed by atoms with van der Waals surface area (Å²) in [6, 6.07) is 9.28. The number of carbonyl (C=O) groups is 3. The highest BCUT2D eigenvalue weighted by Crippen LogP contribution is 2.29. The maximum atomic E-state index is 12.5. The number of nitrogens with zero attached hydrogens (tertiary/aromatic N) is 1. The van der Waals surface area contributed by atoms with E-state index < -0.39 is 12.0 Å². The van der Waals surface area contributed by atoms with Crippen molar-refractivity contribution < 1.29 is 19.1 Å². The van der Waals surface area contributed by atoms with E-state index in [0.717, 1.165) is 32.1 Å². The zero-order valence-electron chi connectivity index (χ0n) is 15.0. The lowest BCUT2D eigenvalue weighted by Crippen LogP contribution is -2.59. The van der Waals surface area contributed by atoms with Crippen LogP contribution >= 0.6 is 0 Å². The van der Waals surface area contributed by atoms with Gasteiger partial charge < -0.3 is 15.0 Å². The Morgan fingerprint density at radius 2 is 1.96 bits per heavy atom. The van der Waals surface area contributed by atoms with Crippen molar-refractivity contribution in [3.05, 3.63) is 35.9 Å². The maximum absolute atomic E-state index is 12.5. The molecule has 1 aliphatic heterocycles. The fraction of sp³-hybridized carbons (Fsp3) is 0.550. The summed E-state index contributed by atoms with van der Waals surface area (Å²) < 4.78 is 5.29. The summed E-state index contributed by atoms with van der Waals surface area (Å²) in [7, 11) is 0. The van der Waals surface area contributed by atoms with Crippen LogP contribution in [0.5, 0.6) is 0 Å². The molecule has 26 heavy (non-hydrogen) atoms. The van der Waals surface area contributed by atoms with Gasteiger partial charge in [-0.3, -0.25) is 14.4 Å². The highest BCUT2D eigenvalue weighted by molar-refractivity contribution is 5.92. The Hall–Kier alpha value is -2.37. The first kappa shape index (κ1) is 18.4. The van der Waals surface area contributed by atoms with Crippen LogP contribution in [0, 0.1) is 5.92 Å².